The molecule has 0 aliphatic carbocycles. The molecule has 1 atom stereocenters. The van der Waals surface area contributed by atoms with Crippen molar-refractivity contribution in [3.05, 3.63) is 59.7 Å². The number of hydrogen-bond acceptors (Lipinski definition) is 2. The molecule has 2 aromatic rings. The van der Waals surface area contributed by atoms with Crippen LogP contribution in [0.1, 0.15) is 31.0 Å². The van der Waals surface area contributed by atoms with Crippen LogP contribution in [-0.2, 0) is 0 Å². The molecule has 1 unspecified atom stereocenters. The number of hydrogen-bond donors (Lipinski definition) is 1. The minimum absolute atomic E-state index is 0.339. The first-order valence-corrected chi connectivity index (χ1v) is 6.77. The zero-order valence-electron chi connectivity index (χ0n) is 11.8. The van der Waals surface area contributed by atoms with Crippen LogP contribution >= 0.6 is 0 Å². The summed E-state index contributed by atoms with van der Waals surface area (Å²) in [5.74, 6) is 1.76. The van der Waals surface area contributed by atoms with Gasteiger partial charge in [-0.15, -0.1) is 0 Å². The van der Waals surface area contributed by atoms with Gasteiger partial charge in [-0.05, 0) is 55.8 Å². The highest BCUT2D eigenvalue weighted by Gasteiger charge is 2.05. The average molecular weight is 255 g/mol. The lowest BCUT2D eigenvalue weighted by atomic mass is 10.1. The Kier molecular flexibility index (Phi) is 4.58. The highest BCUT2D eigenvalue weighted by atomic mass is 16.5. The molecule has 0 saturated carbocycles. The standard InChI is InChI=1S/C17H21NO/c1-4-18-14(3)15-8-6-10-17(12-15)19-16-9-5-7-13(2)11-16/h5-12,14,18H,4H2,1-3H3. The maximum absolute atomic E-state index is 5.90. The van der Waals surface area contributed by atoms with E-state index in [1.807, 2.05) is 30.3 Å². The summed E-state index contributed by atoms with van der Waals surface area (Å²) in [6.45, 7) is 7.31. The van der Waals surface area contributed by atoms with Gasteiger partial charge >= 0.3 is 0 Å². The second kappa shape index (κ2) is 6.39. The fourth-order valence-electron chi connectivity index (χ4n) is 2.09. The van der Waals surface area contributed by atoms with Gasteiger partial charge in [-0.1, -0.05) is 31.2 Å². The molecule has 0 radical (unpaired) electrons. The van der Waals surface area contributed by atoms with E-state index >= 15 is 0 Å². The molecule has 0 spiro atoms. The van der Waals surface area contributed by atoms with E-state index in [0.29, 0.717) is 6.04 Å². The van der Waals surface area contributed by atoms with Gasteiger partial charge in [-0.2, -0.15) is 0 Å². The summed E-state index contributed by atoms with van der Waals surface area (Å²) in [5, 5.41) is 3.41. The summed E-state index contributed by atoms with van der Waals surface area (Å²) in [4.78, 5) is 0. The van der Waals surface area contributed by atoms with Gasteiger partial charge in [0.05, 0.1) is 0 Å². The second-order valence-corrected chi connectivity index (χ2v) is 4.77. The topological polar surface area (TPSA) is 21.3 Å². The minimum atomic E-state index is 0.339. The van der Waals surface area contributed by atoms with Crippen LogP contribution in [0.3, 0.4) is 0 Å². The summed E-state index contributed by atoms with van der Waals surface area (Å²) in [7, 11) is 0. The summed E-state index contributed by atoms with van der Waals surface area (Å²) >= 11 is 0. The van der Waals surface area contributed by atoms with Gasteiger partial charge in [0, 0.05) is 6.04 Å². The van der Waals surface area contributed by atoms with Crippen molar-refractivity contribution in [1.29, 1.82) is 0 Å². The second-order valence-electron chi connectivity index (χ2n) is 4.77. The number of ether oxygens (including phenoxy) is 1. The molecule has 0 heterocycles. The fourth-order valence-corrected chi connectivity index (χ4v) is 2.09. The molecule has 0 bridgehead atoms. The summed E-state index contributed by atoms with van der Waals surface area (Å²) in [5.41, 5.74) is 2.45. The quantitative estimate of drug-likeness (QED) is 0.851. The van der Waals surface area contributed by atoms with Gasteiger partial charge in [-0.3, -0.25) is 0 Å². The van der Waals surface area contributed by atoms with E-state index < -0.39 is 0 Å². The Bertz CT molecular complexity index is 536. The average Bonchev–Trinajstić information content (AvgIpc) is 2.39. The third-order valence-corrected chi connectivity index (χ3v) is 3.09. The van der Waals surface area contributed by atoms with E-state index in [1.165, 1.54) is 11.1 Å². The first kappa shape index (κ1) is 13.6. The van der Waals surface area contributed by atoms with E-state index in [4.69, 9.17) is 4.74 Å². The van der Waals surface area contributed by atoms with E-state index in [0.717, 1.165) is 18.0 Å². The number of rotatable bonds is 5. The number of benzene rings is 2. The van der Waals surface area contributed by atoms with Crippen LogP contribution in [0.2, 0.25) is 0 Å². The first-order valence-electron chi connectivity index (χ1n) is 6.77. The molecule has 2 nitrogen and oxygen atoms in total. The van der Waals surface area contributed by atoms with Gasteiger partial charge in [0.15, 0.2) is 0 Å². The molecule has 19 heavy (non-hydrogen) atoms. The molecule has 0 aromatic heterocycles. The van der Waals surface area contributed by atoms with Crippen LogP contribution in [0.25, 0.3) is 0 Å². The number of aryl methyl sites for hydroxylation is 1. The predicted octanol–water partition coefficient (Wildman–Crippen LogP) is 4.46. The Balaban J connectivity index is 2.15. The van der Waals surface area contributed by atoms with Gasteiger partial charge in [0.2, 0.25) is 0 Å². The highest BCUT2D eigenvalue weighted by molar-refractivity contribution is 5.36. The lowest BCUT2D eigenvalue weighted by Crippen LogP contribution is -2.17. The lowest BCUT2D eigenvalue weighted by molar-refractivity contribution is 0.479. The van der Waals surface area contributed by atoms with Gasteiger partial charge < -0.3 is 10.1 Å². The van der Waals surface area contributed by atoms with Gasteiger partial charge in [0.1, 0.15) is 11.5 Å². The molecule has 100 valence electrons. The van der Waals surface area contributed by atoms with Gasteiger partial charge in [-0.25, -0.2) is 0 Å². The molecular weight excluding hydrogens is 234 g/mol. The Labute approximate surface area is 115 Å². The van der Waals surface area contributed by atoms with Gasteiger partial charge in [0.25, 0.3) is 0 Å². The largest absolute Gasteiger partial charge is 0.457 e. The van der Waals surface area contributed by atoms with E-state index in [9.17, 15) is 0 Å². The molecule has 0 amide bonds. The van der Waals surface area contributed by atoms with Crippen molar-refractivity contribution in [3.8, 4) is 11.5 Å². The van der Waals surface area contributed by atoms with E-state index in [2.05, 4.69) is 44.3 Å². The molecule has 2 aromatic carbocycles. The maximum Gasteiger partial charge on any atom is 0.127 e. The maximum atomic E-state index is 5.90. The molecule has 0 saturated heterocycles. The molecule has 0 fully saturated rings. The molecular formula is C17H21NO. The SMILES string of the molecule is CCNC(C)c1cccc(Oc2cccc(C)c2)c1. The predicted molar refractivity (Wildman–Crippen MR) is 79.8 cm³/mol. The van der Waals surface area contributed by atoms with Crippen LogP contribution in [0.5, 0.6) is 11.5 Å². The highest BCUT2D eigenvalue weighted by Crippen LogP contribution is 2.25. The molecule has 2 rings (SSSR count). The molecule has 0 aliphatic rings. The Morgan fingerprint density at radius 1 is 1.05 bits per heavy atom. The zero-order valence-corrected chi connectivity index (χ0v) is 11.8. The van der Waals surface area contributed by atoms with Crippen molar-refractivity contribution < 1.29 is 4.74 Å². The number of nitrogens with one attached hydrogen (secondary N) is 1. The monoisotopic (exact) mass is 255 g/mol. The fraction of sp³-hybridized carbons (Fsp3) is 0.294. The molecule has 2 heteroatoms. The van der Waals surface area contributed by atoms with E-state index in [-0.39, 0.29) is 0 Å². The summed E-state index contributed by atoms with van der Waals surface area (Å²) in [6, 6.07) is 16.7. The third-order valence-electron chi connectivity index (χ3n) is 3.09. The van der Waals surface area contributed by atoms with Crippen LogP contribution in [0.4, 0.5) is 0 Å². The van der Waals surface area contributed by atoms with E-state index in [1.54, 1.807) is 0 Å². The van der Waals surface area contributed by atoms with Crippen molar-refractivity contribution in [3.63, 3.8) is 0 Å². The van der Waals surface area contributed by atoms with Crippen molar-refractivity contribution >= 4 is 0 Å². The molecule has 0 aliphatic heterocycles. The van der Waals surface area contributed by atoms with Crippen molar-refractivity contribution in [2.75, 3.05) is 6.54 Å². The van der Waals surface area contributed by atoms with Crippen LogP contribution in [0.15, 0.2) is 48.5 Å². The normalized spacial score (nSPS) is 12.2. The molecule has 1 N–H and O–H groups in total. The minimum Gasteiger partial charge on any atom is -0.457 e. The third kappa shape index (κ3) is 3.83. The Morgan fingerprint density at radius 2 is 1.74 bits per heavy atom. The van der Waals surface area contributed by atoms with Crippen molar-refractivity contribution in [2.45, 2.75) is 26.8 Å². The summed E-state index contributed by atoms with van der Waals surface area (Å²) in [6.07, 6.45) is 0. The van der Waals surface area contributed by atoms with Crippen LogP contribution < -0.4 is 10.1 Å². The first-order chi connectivity index (χ1) is 9.19. The van der Waals surface area contributed by atoms with Crippen molar-refractivity contribution in [2.24, 2.45) is 0 Å². The zero-order chi connectivity index (χ0) is 13.7. The Hall–Kier alpha value is -1.80. The van der Waals surface area contributed by atoms with Crippen LogP contribution in [0, 0.1) is 6.92 Å². The lowest BCUT2D eigenvalue weighted by Gasteiger charge is -2.14. The van der Waals surface area contributed by atoms with Crippen molar-refractivity contribution in [1.82, 2.24) is 5.32 Å². The van der Waals surface area contributed by atoms with Crippen LogP contribution in [-0.4, -0.2) is 6.54 Å². The summed E-state index contributed by atoms with van der Waals surface area (Å²) < 4.78 is 5.90. The Morgan fingerprint density at radius 3 is 2.42 bits per heavy atom. The smallest absolute Gasteiger partial charge is 0.127 e.